The Bertz CT molecular complexity index is 828. The number of nitrogens with one attached hydrogen (secondary N) is 1. The Kier molecular flexibility index (Phi) is 5.63. The maximum Gasteiger partial charge on any atom is 0.307 e. The smallest absolute Gasteiger partial charge is 0.307 e. The summed E-state index contributed by atoms with van der Waals surface area (Å²) in [4.78, 5) is 11.6. The number of sulfonamides is 1. The van der Waals surface area contributed by atoms with E-state index in [2.05, 4.69) is 14.6 Å². The lowest BCUT2D eigenvalue weighted by atomic mass is 10.1. The Balaban J connectivity index is 2.42. The molecule has 2 rings (SSSR count). The number of aromatic nitrogens is 1. The van der Waals surface area contributed by atoms with E-state index in [1.807, 2.05) is 0 Å². The minimum absolute atomic E-state index is 0.0515. The number of hydrogen-bond donors (Lipinski definition) is 1. The van der Waals surface area contributed by atoms with Crippen molar-refractivity contribution in [2.24, 2.45) is 0 Å². The van der Waals surface area contributed by atoms with E-state index in [1.165, 1.54) is 21.0 Å². The summed E-state index contributed by atoms with van der Waals surface area (Å²) in [5.74, 6) is -0.405. The van der Waals surface area contributed by atoms with Crippen molar-refractivity contribution in [3.63, 3.8) is 0 Å². The molecule has 0 aliphatic rings. The molecule has 0 aliphatic carbocycles. The molecular formula is C15H17ClN2O5S. The number of carbonyl (C=O) groups excluding carboxylic acids is 1. The van der Waals surface area contributed by atoms with Crippen molar-refractivity contribution in [2.45, 2.75) is 31.2 Å². The number of methoxy groups -OCH3 is 1. The second-order valence-corrected chi connectivity index (χ2v) is 7.19. The van der Waals surface area contributed by atoms with Crippen molar-refractivity contribution in [1.29, 1.82) is 0 Å². The number of ether oxygens (including phenoxy) is 1. The van der Waals surface area contributed by atoms with Crippen LogP contribution in [-0.4, -0.2) is 26.7 Å². The zero-order valence-electron chi connectivity index (χ0n) is 13.4. The number of esters is 1. The second kappa shape index (κ2) is 7.33. The van der Waals surface area contributed by atoms with Gasteiger partial charge in [-0.25, -0.2) is 13.1 Å². The second-order valence-electron chi connectivity index (χ2n) is 5.13. The molecule has 0 aliphatic heterocycles. The summed E-state index contributed by atoms with van der Waals surface area (Å²) >= 11 is 6.14. The van der Waals surface area contributed by atoms with E-state index in [4.69, 9.17) is 16.1 Å². The molecule has 0 unspecified atom stereocenters. The Morgan fingerprint density at radius 3 is 2.58 bits per heavy atom. The first-order valence-corrected chi connectivity index (χ1v) is 8.88. The van der Waals surface area contributed by atoms with E-state index in [9.17, 15) is 13.2 Å². The first-order chi connectivity index (χ1) is 11.3. The van der Waals surface area contributed by atoms with Gasteiger partial charge in [0.25, 0.3) is 0 Å². The van der Waals surface area contributed by atoms with Crippen molar-refractivity contribution in [3.8, 4) is 0 Å². The maximum atomic E-state index is 12.7. The number of aryl methyl sites for hydroxylation is 2. The van der Waals surface area contributed by atoms with Gasteiger partial charge in [-0.05, 0) is 25.5 Å². The number of benzene rings is 1. The maximum absolute atomic E-state index is 12.7. The number of nitrogens with zero attached hydrogens (tertiary/aromatic N) is 1. The van der Waals surface area contributed by atoms with Gasteiger partial charge in [-0.2, -0.15) is 0 Å². The number of halogens is 1. The minimum atomic E-state index is -3.97. The molecule has 1 heterocycles. The number of hydrogen-bond acceptors (Lipinski definition) is 6. The lowest BCUT2D eigenvalue weighted by Gasteiger charge is -2.19. The fraction of sp³-hybridized carbons (Fsp3) is 0.333. The summed E-state index contributed by atoms with van der Waals surface area (Å²) in [6.45, 7) is 3.02. The first kappa shape index (κ1) is 18.4. The average Bonchev–Trinajstić information content (AvgIpc) is 2.86. The van der Waals surface area contributed by atoms with Crippen LogP contribution in [0, 0.1) is 13.8 Å². The molecule has 0 radical (unpaired) electrons. The van der Waals surface area contributed by atoms with Gasteiger partial charge in [0.1, 0.15) is 10.6 Å². The van der Waals surface area contributed by atoms with Crippen LogP contribution in [0.3, 0.4) is 0 Å². The zero-order chi connectivity index (χ0) is 17.9. The van der Waals surface area contributed by atoms with Gasteiger partial charge in [0, 0.05) is 5.02 Å². The van der Waals surface area contributed by atoms with Gasteiger partial charge < -0.3 is 9.26 Å². The summed E-state index contributed by atoms with van der Waals surface area (Å²) in [5.41, 5.74) is 0.705. The summed E-state index contributed by atoms with van der Waals surface area (Å²) < 4.78 is 37.4. The molecule has 0 saturated carbocycles. The summed E-state index contributed by atoms with van der Waals surface area (Å²) in [6.07, 6.45) is -0.206. The molecule has 0 fully saturated rings. The highest BCUT2D eigenvalue weighted by molar-refractivity contribution is 7.89. The Labute approximate surface area is 145 Å². The molecule has 9 heteroatoms. The summed E-state index contributed by atoms with van der Waals surface area (Å²) in [5, 5.41) is 3.99. The van der Waals surface area contributed by atoms with Crippen LogP contribution in [0.2, 0.25) is 5.02 Å². The molecule has 1 atom stereocenters. The van der Waals surface area contributed by atoms with Crippen molar-refractivity contribution < 1.29 is 22.5 Å². The Morgan fingerprint density at radius 1 is 1.38 bits per heavy atom. The monoisotopic (exact) mass is 372 g/mol. The molecule has 0 saturated heterocycles. The Hall–Kier alpha value is -1.90. The highest BCUT2D eigenvalue weighted by Gasteiger charge is 2.30. The molecule has 24 heavy (non-hydrogen) atoms. The predicted molar refractivity (Wildman–Crippen MR) is 87.1 cm³/mol. The molecule has 7 nitrogen and oxygen atoms in total. The fourth-order valence-electron chi connectivity index (χ4n) is 2.33. The number of rotatable bonds is 6. The van der Waals surface area contributed by atoms with Crippen LogP contribution in [0.5, 0.6) is 0 Å². The highest BCUT2D eigenvalue weighted by Crippen LogP contribution is 2.28. The third kappa shape index (κ3) is 3.95. The van der Waals surface area contributed by atoms with Crippen LogP contribution in [0.25, 0.3) is 0 Å². The SMILES string of the molecule is COC(=O)C[C@@H](NS(=O)(=O)c1c(C)noc1C)c1ccccc1Cl. The van der Waals surface area contributed by atoms with Crippen LogP contribution in [-0.2, 0) is 19.6 Å². The molecule has 0 spiro atoms. The van der Waals surface area contributed by atoms with Crippen molar-refractivity contribution in [1.82, 2.24) is 9.88 Å². The van der Waals surface area contributed by atoms with Crippen molar-refractivity contribution in [3.05, 3.63) is 46.3 Å². The van der Waals surface area contributed by atoms with Gasteiger partial charge in [-0.3, -0.25) is 4.79 Å². The number of carbonyl (C=O) groups is 1. The quantitative estimate of drug-likeness (QED) is 0.782. The van der Waals surface area contributed by atoms with Crippen LogP contribution >= 0.6 is 11.6 Å². The van der Waals surface area contributed by atoms with Crippen LogP contribution in [0.15, 0.2) is 33.7 Å². The van der Waals surface area contributed by atoms with E-state index >= 15 is 0 Å². The van der Waals surface area contributed by atoms with Gasteiger partial charge in [-0.1, -0.05) is 35.0 Å². The molecular weight excluding hydrogens is 356 g/mol. The molecule has 2 aromatic rings. The van der Waals surface area contributed by atoms with Gasteiger partial charge in [0.15, 0.2) is 5.76 Å². The molecule has 0 bridgehead atoms. The van der Waals surface area contributed by atoms with Crippen molar-refractivity contribution >= 4 is 27.6 Å². The third-order valence-electron chi connectivity index (χ3n) is 3.41. The van der Waals surface area contributed by atoms with Gasteiger partial charge >= 0.3 is 5.97 Å². The van der Waals surface area contributed by atoms with E-state index in [0.29, 0.717) is 10.6 Å². The summed E-state index contributed by atoms with van der Waals surface area (Å²) in [6, 6.07) is 5.79. The summed E-state index contributed by atoms with van der Waals surface area (Å²) in [7, 11) is -2.74. The third-order valence-corrected chi connectivity index (χ3v) is 5.47. The van der Waals surface area contributed by atoms with Gasteiger partial charge in [0.2, 0.25) is 10.0 Å². The minimum Gasteiger partial charge on any atom is -0.469 e. The molecule has 1 aromatic carbocycles. The van der Waals surface area contributed by atoms with Crippen LogP contribution in [0.4, 0.5) is 0 Å². The molecule has 0 amide bonds. The lowest BCUT2D eigenvalue weighted by molar-refractivity contribution is -0.141. The molecule has 1 N–H and O–H groups in total. The fourth-order valence-corrected chi connectivity index (χ4v) is 4.14. The van der Waals surface area contributed by atoms with E-state index in [0.717, 1.165) is 0 Å². The normalized spacial score (nSPS) is 12.8. The van der Waals surface area contributed by atoms with E-state index < -0.39 is 22.0 Å². The standard InChI is InChI=1S/C15H17ClN2O5S/c1-9-15(10(2)23-17-9)24(20,21)18-13(8-14(19)22-3)11-6-4-5-7-12(11)16/h4-7,13,18H,8H2,1-3H3/t13-/m1/s1. The first-order valence-electron chi connectivity index (χ1n) is 7.02. The topological polar surface area (TPSA) is 98.5 Å². The van der Waals surface area contributed by atoms with Crippen LogP contribution < -0.4 is 4.72 Å². The molecule has 1 aromatic heterocycles. The molecule has 130 valence electrons. The predicted octanol–water partition coefficient (Wildman–Crippen LogP) is 2.53. The highest BCUT2D eigenvalue weighted by atomic mass is 35.5. The van der Waals surface area contributed by atoms with Crippen LogP contribution in [0.1, 0.15) is 29.5 Å². The van der Waals surface area contributed by atoms with E-state index in [-0.39, 0.29) is 22.8 Å². The lowest BCUT2D eigenvalue weighted by Crippen LogP contribution is -2.31. The van der Waals surface area contributed by atoms with E-state index in [1.54, 1.807) is 24.3 Å². The zero-order valence-corrected chi connectivity index (χ0v) is 14.9. The largest absolute Gasteiger partial charge is 0.469 e. The van der Waals surface area contributed by atoms with Crippen molar-refractivity contribution in [2.75, 3.05) is 7.11 Å². The van der Waals surface area contributed by atoms with Gasteiger partial charge in [0.05, 0.1) is 19.6 Å². The average molecular weight is 373 g/mol. The van der Waals surface area contributed by atoms with Gasteiger partial charge in [-0.15, -0.1) is 0 Å². The Morgan fingerprint density at radius 2 is 2.04 bits per heavy atom.